The Morgan fingerprint density at radius 2 is 1.96 bits per heavy atom. The maximum absolute atomic E-state index is 11.9. The summed E-state index contributed by atoms with van der Waals surface area (Å²) in [7, 11) is 1.68. The van der Waals surface area contributed by atoms with Gasteiger partial charge in [0, 0.05) is 13.0 Å². The standard InChI is InChI=1S/C18H29N3O2/c1-23-16-9-7-15(8-10-16)17(21-12-3-2-4-13-21)14-20-18(22)6-5-11-19/h7-10,17H,2-6,11-14,19H2,1H3,(H,20,22). The molecule has 128 valence electrons. The highest BCUT2D eigenvalue weighted by Gasteiger charge is 2.22. The van der Waals surface area contributed by atoms with Gasteiger partial charge >= 0.3 is 0 Å². The number of hydrogen-bond donors (Lipinski definition) is 2. The predicted octanol–water partition coefficient (Wildman–Crippen LogP) is 2.08. The minimum atomic E-state index is 0.0889. The molecule has 5 nitrogen and oxygen atoms in total. The highest BCUT2D eigenvalue weighted by atomic mass is 16.5. The van der Waals surface area contributed by atoms with Crippen LogP contribution in [0.4, 0.5) is 0 Å². The number of nitrogens with one attached hydrogen (secondary N) is 1. The third-order valence-corrected chi connectivity index (χ3v) is 4.43. The van der Waals surface area contributed by atoms with Crippen molar-refractivity contribution in [3.05, 3.63) is 29.8 Å². The van der Waals surface area contributed by atoms with Crippen molar-refractivity contribution in [1.82, 2.24) is 10.2 Å². The van der Waals surface area contributed by atoms with Crippen LogP contribution in [0.2, 0.25) is 0 Å². The van der Waals surface area contributed by atoms with Gasteiger partial charge in [-0.25, -0.2) is 0 Å². The zero-order valence-corrected chi connectivity index (χ0v) is 14.1. The molecule has 1 aliphatic heterocycles. The maximum atomic E-state index is 11.9. The SMILES string of the molecule is COc1ccc(C(CNC(=O)CCCN)N2CCCCC2)cc1. The van der Waals surface area contributed by atoms with E-state index in [2.05, 4.69) is 22.3 Å². The van der Waals surface area contributed by atoms with Gasteiger partial charge in [0.25, 0.3) is 0 Å². The molecule has 23 heavy (non-hydrogen) atoms. The summed E-state index contributed by atoms with van der Waals surface area (Å²) in [5.41, 5.74) is 6.70. The number of hydrogen-bond acceptors (Lipinski definition) is 4. The van der Waals surface area contributed by atoms with Gasteiger partial charge in [-0.1, -0.05) is 18.6 Å². The number of methoxy groups -OCH3 is 1. The molecule has 5 heteroatoms. The molecule has 0 saturated carbocycles. The third-order valence-electron chi connectivity index (χ3n) is 4.43. The first-order chi connectivity index (χ1) is 11.2. The first-order valence-electron chi connectivity index (χ1n) is 8.59. The van der Waals surface area contributed by atoms with Crippen molar-refractivity contribution < 1.29 is 9.53 Å². The molecular weight excluding hydrogens is 290 g/mol. The fourth-order valence-corrected chi connectivity index (χ4v) is 3.08. The molecule has 0 aliphatic carbocycles. The molecule has 1 aromatic rings. The van der Waals surface area contributed by atoms with Gasteiger partial charge in [-0.3, -0.25) is 9.69 Å². The van der Waals surface area contributed by atoms with Gasteiger partial charge in [-0.2, -0.15) is 0 Å². The van der Waals surface area contributed by atoms with E-state index in [0.29, 0.717) is 19.5 Å². The van der Waals surface area contributed by atoms with E-state index in [1.54, 1.807) is 7.11 Å². The van der Waals surface area contributed by atoms with Crippen LogP contribution in [-0.2, 0) is 4.79 Å². The fraction of sp³-hybridized carbons (Fsp3) is 0.611. The number of benzene rings is 1. The molecule has 1 aromatic carbocycles. The van der Waals surface area contributed by atoms with E-state index < -0.39 is 0 Å². The van der Waals surface area contributed by atoms with Crippen molar-refractivity contribution in [2.75, 3.05) is 33.3 Å². The maximum Gasteiger partial charge on any atom is 0.220 e. The van der Waals surface area contributed by atoms with E-state index in [4.69, 9.17) is 10.5 Å². The van der Waals surface area contributed by atoms with Crippen LogP contribution < -0.4 is 15.8 Å². The van der Waals surface area contributed by atoms with Gasteiger partial charge in [0.05, 0.1) is 13.2 Å². The van der Waals surface area contributed by atoms with Crippen LogP contribution in [0.1, 0.15) is 43.7 Å². The Morgan fingerprint density at radius 1 is 1.26 bits per heavy atom. The van der Waals surface area contributed by atoms with Crippen LogP contribution in [0.25, 0.3) is 0 Å². The van der Waals surface area contributed by atoms with Gasteiger partial charge < -0.3 is 15.8 Å². The molecule has 1 atom stereocenters. The van der Waals surface area contributed by atoms with Crippen molar-refractivity contribution in [3.63, 3.8) is 0 Å². The lowest BCUT2D eigenvalue weighted by molar-refractivity contribution is -0.121. The number of likely N-dealkylation sites (tertiary alicyclic amines) is 1. The Balaban J connectivity index is 2.02. The van der Waals surface area contributed by atoms with Crippen LogP contribution in [0.15, 0.2) is 24.3 Å². The fourth-order valence-electron chi connectivity index (χ4n) is 3.08. The summed E-state index contributed by atoms with van der Waals surface area (Å²) in [6.07, 6.45) is 5.00. The number of ether oxygens (including phenoxy) is 1. The Bertz CT molecular complexity index is 470. The van der Waals surface area contributed by atoms with Crippen molar-refractivity contribution in [2.24, 2.45) is 5.73 Å². The number of carbonyl (C=O) groups is 1. The molecule has 1 amide bonds. The number of piperidine rings is 1. The summed E-state index contributed by atoms with van der Waals surface area (Å²) in [4.78, 5) is 14.4. The molecule has 2 rings (SSSR count). The topological polar surface area (TPSA) is 67.6 Å². The number of amides is 1. The Kier molecular flexibility index (Phi) is 7.36. The summed E-state index contributed by atoms with van der Waals surface area (Å²) in [6.45, 7) is 3.39. The zero-order valence-electron chi connectivity index (χ0n) is 14.1. The van der Waals surface area contributed by atoms with Crippen LogP contribution in [0.3, 0.4) is 0 Å². The molecule has 1 heterocycles. The Labute approximate surface area is 139 Å². The number of carbonyl (C=O) groups excluding carboxylic acids is 1. The van der Waals surface area contributed by atoms with E-state index in [-0.39, 0.29) is 11.9 Å². The summed E-state index contributed by atoms with van der Waals surface area (Å²) >= 11 is 0. The summed E-state index contributed by atoms with van der Waals surface area (Å²) in [6, 6.07) is 8.40. The van der Waals surface area contributed by atoms with Crippen LogP contribution >= 0.6 is 0 Å². The molecule has 3 N–H and O–H groups in total. The van der Waals surface area contributed by atoms with Gasteiger partial charge in [0.15, 0.2) is 0 Å². The second kappa shape index (κ2) is 9.53. The third kappa shape index (κ3) is 5.52. The lowest BCUT2D eigenvalue weighted by Gasteiger charge is -2.35. The first-order valence-corrected chi connectivity index (χ1v) is 8.59. The normalized spacial score (nSPS) is 16.8. The average molecular weight is 319 g/mol. The minimum Gasteiger partial charge on any atom is -0.497 e. The second-order valence-corrected chi connectivity index (χ2v) is 6.08. The molecule has 0 aromatic heterocycles. The number of rotatable bonds is 8. The zero-order chi connectivity index (χ0) is 16.5. The predicted molar refractivity (Wildman–Crippen MR) is 92.5 cm³/mol. The summed E-state index contributed by atoms with van der Waals surface area (Å²) < 4.78 is 5.24. The smallest absolute Gasteiger partial charge is 0.220 e. The molecule has 1 unspecified atom stereocenters. The second-order valence-electron chi connectivity index (χ2n) is 6.08. The highest BCUT2D eigenvalue weighted by Crippen LogP contribution is 2.25. The molecular formula is C18H29N3O2. The quantitative estimate of drug-likeness (QED) is 0.770. The van der Waals surface area contributed by atoms with Crippen molar-refractivity contribution in [1.29, 1.82) is 0 Å². The molecule has 0 radical (unpaired) electrons. The van der Waals surface area contributed by atoms with E-state index >= 15 is 0 Å². The Morgan fingerprint density at radius 3 is 2.57 bits per heavy atom. The van der Waals surface area contributed by atoms with Crippen LogP contribution in [0, 0.1) is 0 Å². The molecule has 1 saturated heterocycles. The van der Waals surface area contributed by atoms with Crippen LogP contribution in [-0.4, -0.2) is 44.1 Å². The molecule has 1 fully saturated rings. The van der Waals surface area contributed by atoms with Gasteiger partial charge in [-0.05, 0) is 56.6 Å². The van der Waals surface area contributed by atoms with Crippen LogP contribution in [0.5, 0.6) is 5.75 Å². The van der Waals surface area contributed by atoms with Gasteiger partial charge in [0.2, 0.25) is 5.91 Å². The average Bonchev–Trinajstić information content (AvgIpc) is 2.61. The lowest BCUT2D eigenvalue weighted by Crippen LogP contribution is -2.40. The lowest BCUT2D eigenvalue weighted by atomic mass is 10.0. The summed E-state index contributed by atoms with van der Waals surface area (Å²) in [5, 5.41) is 3.07. The molecule has 1 aliphatic rings. The van der Waals surface area contributed by atoms with E-state index in [1.165, 1.54) is 24.8 Å². The van der Waals surface area contributed by atoms with E-state index in [1.807, 2.05) is 12.1 Å². The number of nitrogens with zero attached hydrogens (tertiary/aromatic N) is 1. The van der Waals surface area contributed by atoms with E-state index in [0.717, 1.165) is 25.3 Å². The van der Waals surface area contributed by atoms with Crippen molar-refractivity contribution >= 4 is 5.91 Å². The minimum absolute atomic E-state index is 0.0889. The van der Waals surface area contributed by atoms with Crippen molar-refractivity contribution in [2.45, 2.75) is 38.1 Å². The summed E-state index contributed by atoms with van der Waals surface area (Å²) in [5.74, 6) is 0.948. The monoisotopic (exact) mass is 319 g/mol. The largest absolute Gasteiger partial charge is 0.497 e. The highest BCUT2D eigenvalue weighted by molar-refractivity contribution is 5.75. The van der Waals surface area contributed by atoms with Crippen molar-refractivity contribution in [3.8, 4) is 5.75 Å². The number of nitrogens with two attached hydrogens (primary N) is 1. The van der Waals surface area contributed by atoms with Gasteiger partial charge in [-0.15, -0.1) is 0 Å². The molecule has 0 spiro atoms. The molecule has 0 bridgehead atoms. The van der Waals surface area contributed by atoms with E-state index in [9.17, 15) is 4.79 Å². The Hall–Kier alpha value is -1.59. The first kappa shape index (κ1) is 17.8. The van der Waals surface area contributed by atoms with Gasteiger partial charge in [0.1, 0.15) is 5.75 Å².